The molecule has 2 amide bonds. The van der Waals surface area contributed by atoms with E-state index in [9.17, 15) is 18.0 Å². The first kappa shape index (κ1) is 20.9. The minimum absolute atomic E-state index is 0.136. The van der Waals surface area contributed by atoms with Gasteiger partial charge < -0.3 is 9.64 Å². The topological polar surface area (TPSA) is 96.4 Å². The number of nitrogens with zero attached hydrogens (tertiary/aromatic N) is 6. The van der Waals surface area contributed by atoms with Crippen molar-refractivity contribution in [2.75, 3.05) is 35.3 Å². The molecule has 0 saturated carbocycles. The molecular weight excluding hydrogens is 439 g/mol. The van der Waals surface area contributed by atoms with E-state index in [2.05, 4.69) is 30.2 Å². The van der Waals surface area contributed by atoms with E-state index in [4.69, 9.17) is 4.74 Å². The van der Waals surface area contributed by atoms with Gasteiger partial charge >= 0.3 is 12.2 Å². The van der Waals surface area contributed by atoms with Gasteiger partial charge in [-0.3, -0.25) is 15.2 Å². The van der Waals surface area contributed by atoms with Crippen molar-refractivity contribution in [3.8, 4) is 17.1 Å². The van der Waals surface area contributed by atoms with Crippen molar-refractivity contribution in [2.24, 2.45) is 0 Å². The first-order valence-corrected chi connectivity index (χ1v) is 10.1. The number of carbonyl (C=O) groups is 1. The number of amides is 2. The van der Waals surface area contributed by atoms with Crippen molar-refractivity contribution < 1.29 is 22.7 Å². The third-order valence-electron chi connectivity index (χ3n) is 5.62. The van der Waals surface area contributed by atoms with Crippen LogP contribution in [0, 0.1) is 0 Å². The van der Waals surface area contributed by atoms with Crippen molar-refractivity contribution in [1.82, 2.24) is 19.9 Å². The van der Waals surface area contributed by atoms with Crippen LogP contribution >= 0.6 is 0 Å². The smallest absolute Gasteiger partial charge is 0.417 e. The van der Waals surface area contributed by atoms with Crippen LogP contribution in [0.5, 0.6) is 5.88 Å². The quantitative estimate of drug-likeness (QED) is 0.642. The lowest BCUT2D eigenvalue weighted by molar-refractivity contribution is -0.137. The number of rotatable bonds is 3. The first-order chi connectivity index (χ1) is 15.8. The van der Waals surface area contributed by atoms with Gasteiger partial charge in [-0.25, -0.2) is 19.7 Å². The van der Waals surface area contributed by atoms with E-state index in [1.165, 1.54) is 30.6 Å². The lowest BCUT2D eigenvalue weighted by atomic mass is 10.1. The van der Waals surface area contributed by atoms with Crippen LogP contribution in [0.2, 0.25) is 0 Å². The largest absolute Gasteiger partial charge is 0.481 e. The van der Waals surface area contributed by atoms with Crippen molar-refractivity contribution >= 4 is 23.4 Å². The molecule has 5 rings (SSSR count). The second-order valence-corrected chi connectivity index (χ2v) is 7.63. The minimum atomic E-state index is -4.52. The number of aromatic nitrogens is 4. The zero-order chi connectivity index (χ0) is 23.2. The lowest BCUT2D eigenvalue weighted by Crippen LogP contribution is -2.48. The van der Waals surface area contributed by atoms with Crippen molar-refractivity contribution in [1.29, 1.82) is 0 Å². The van der Waals surface area contributed by atoms with Gasteiger partial charge in [0, 0.05) is 37.1 Å². The number of fused-ring (bicyclic) bond motifs is 4. The van der Waals surface area contributed by atoms with Gasteiger partial charge in [0.05, 0.1) is 30.1 Å². The number of anilines is 3. The van der Waals surface area contributed by atoms with Gasteiger partial charge in [0.2, 0.25) is 5.88 Å². The van der Waals surface area contributed by atoms with Crippen LogP contribution in [0.3, 0.4) is 0 Å². The van der Waals surface area contributed by atoms with Gasteiger partial charge in [-0.1, -0.05) is 0 Å². The molecule has 5 heterocycles. The van der Waals surface area contributed by atoms with Crippen molar-refractivity contribution in [3.63, 3.8) is 0 Å². The van der Waals surface area contributed by atoms with E-state index in [1.54, 1.807) is 12.1 Å². The minimum Gasteiger partial charge on any atom is -0.481 e. The Labute approximate surface area is 186 Å². The van der Waals surface area contributed by atoms with Gasteiger partial charge in [0.1, 0.15) is 12.1 Å². The molecule has 9 nitrogen and oxygen atoms in total. The highest BCUT2D eigenvalue weighted by molar-refractivity contribution is 6.04. The highest BCUT2D eigenvalue weighted by Crippen LogP contribution is 2.40. The molecule has 3 aromatic rings. The highest BCUT2D eigenvalue weighted by atomic mass is 19.4. The first-order valence-electron chi connectivity index (χ1n) is 10.1. The standard InChI is InChI=1S/C21H18F3N7O2/c1-33-18-7-17(26-11-27-18)29-20(32)31-14-4-5-30(10-14)16-3-2-15(28-19(16)31)12-6-13(9-25-8-12)21(22,23)24/h2-3,6-9,11,14H,4-5,10H2,1H3,(H,26,27,29,32)/t14-/m0/s1. The summed E-state index contributed by atoms with van der Waals surface area (Å²) in [6.07, 6.45) is -0.431. The summed E-state index contributed by atoms with van der Waals surface area (Å²) in [5.74, 6) is 0.924. The van der Waals surface area contributed by atoms with Gasteiger partial charge in [-0.05, 0) is 24.6 Å². The van der Waals surface area contributed by atoms with E-state index in [0.29, 0.717) is 18.2 Å². The van der Waals surface area contributed by atoms with Crippen LogP contribution in [0.4, 0.5) is 35.3 Å². The van der Waals surface area contributed by atoms with Crippen LogP contribution in [-0.4, -0.2) is 52.2 Å². The molecule has 2 aliphatic rings. The molecule has 2 aliphatic heterocycles. The second kappa shape index (κ2) is 7.87. The Hall–Kier alpha value is -3.96. The highest BCUT2D eigenvalue weighted by Gasteiger charge is 2.40. The number of alkyl halides is 3. The molecular formula is C21H18F3N7O2. The Bertz CT molecular complexity index is 1220. The Morgan fingerprint density at radius 3 is 2.85 bits per heavy atom. The average molecular weight is 457 g/mol. The Morgan fingerprint density at radius 1 is 1.21 bits per heavy atom. The van der Waals surface area contributed by atoms with E-state index in [-0.39, 0.29) is 23.1 Å². The Balaban J connectivity index is 1.51. The maximum atomic E-state index is 13.2. The molecule has 0 aromatic carbocycles. The van der Waals surface area contributed by atoms with Gasteiger partial charge in [0.15, 0.2) is 5.82 Å². The number of pyridine rings is 2. The van der Waals surface area contributed by atoms with Crippen LogP contribution in [0.1, 0.15) is 12.0 Å². The zero-order valence-corrected chi connectivity index (χ0v) is 17.4. The predicted octanol–water partition coefficient (Wildman–Crippen LogP) is 3.59. The summed E-state index contributed by atoms with van der Waals surface area (Å²) in [6.45, 7) is 1.38. The molecule has 0 spiro atoms. The molecule has 12 heteroatoms. The monoisotopic (exact) mass is 457 g/mol. The number of nitrogens with one attached hydrogen (secondary N) is 1. The van der Waals surface area contributed by atoms with Crippen molar-refractivity contribution in [3.05, 3.63) is 48.5 Å². The Kier molecular flexibility index (Phi) is 4.99. The fraction of sp³-hybridized carbons (Fsp3) is 0.286. The van der Waals surface area contributed by atoms with Gasteiger partial charge in [0.25, 0.3) is 0 Å². The van der Waals surface area contributed by atoms with Crippen LogP contribution in [0.15, 0.2) is 43.0 Å². The molecule has 1 atom stereocenters. The normalized spacial score (nSPS) is 17.0. The maximum absolute atomic E-state index is 13.2. The summed E-state index contributed by atoms with van der Waals surface area (Å²) in [5.41, 5.74) is 0.372. The summed E-state index contributed by atoms with van der Waals surface area (Å²) < 4.78 is 44.5. The molecule has 0 unspecified atom stereocenters. The molecule has 170 valence electrons. The lowest BCUT2D eigenvalue weighted by Gasteiger charge is -2.35. The number of carbonyl (C=O) groups excluding carboxylic acids is 1. The molecule has 3 aromatic heterocycles. The molecule has 2 bridgehead atoms. The fourth-order valence-corrected chi connectivity index (χ4v) is 4.06. The van der Waals surface area contributed by atoms with Crippen LogP contribution in [0.25, 0.3) is 11.3 Å². The number of urea groups is 1. The summed E-state index contributed by atoms with van der Waals surface area (Å²) >= 11 is 0. The molecule has 0 aliphatic carbocycles. The van der Waals surface area contributed by atoms with Gasteiger partial charge in [-0.15, -0.1) is 0 Å². The van der Waals surface area contributed by atoms with Crippen molar-refractivity contribution in [2.45, 2.75) is 18.6 Å². The maximum Gasteiger partial charge on any atom is 0.417 e. The molecule has 1 N–H and O–H groups in total. The number of ether oxygens (including phenoxy) is 1. The fourth-order valence-electron chi connectivity index (χ4n) is 4.06. The SMILES string of the molecule is COc1cc(NC(=O)N2c3nc(-c4cncc(C(F)(F)F)c4)ccc3N3CC[C@H]2C3)ncn1. The Morgan fingerprint density at radius 2 is 2.06 bits per heavy atom. The van der Waals surface area contributed by atoms with Crippen LogP contribution < -0.4 is 19.9 Å². The van der Waals surface area contributed by atoms with Gasteiger partial charge in [-0.2, -0.15) is 13.2 Å². The third-order valence-corrected chi connectivity index (χ3v) is 5.62. The van der Waals surface area contributed by atoms with Crippen LogP contribution in [-0.2, 0) is 6.18 Å². The molecule has 1 fully saturated rings. The summed E-state index contributed by atoms with van der Waals surface area (Å²) in [4.78, 5) is 33.2. The predicted molar refractivity (Wildman–Crippen MR) is 113 cm³/mol. The van der Waals surface area contributed by atoms with E-state index >= 15 is 0 Å². The summed E-state index contributed by atoms with van der Waals surface area (Å²) in [7, 11) is 1.45. The van der Waals surface area contributed by atoms with E-state index in [0.717, 1.165) is 30.9 Å². The number of hydrogen-bond acceptors (Lipinski definition) is 7. The summed E-state index contributed by atoms with van der Waals surface area (Å²) in [6, 6.07) is 5.31. The third kappa shape index (κ3) is 3.88. The summed E-state index contributed by atoms with van der Waals surface area (Å²) in [5, 5.41) is 2.73. The number of halogens is 3. The molecule has 33 heavy (non-hydrogen) atoms. The average Bonchev–Trinajstić information content (AvgIpc) is 3.22. The molecule has 1 saturated heterocycles. The van der Waals surface area contributed by atoms with E-state index in [1.807, 2.05) is 0 Å². The number of hydrogen-bond donors (Lipinski definition) is 1. The zero-order valence-electron chi connectivity index (χ0n) is 17.4. The number of methoxy groups -OCH3 is 1. The van der Waals surface area contributed by atoms with E-state index < -0.39 is 17.8 Å². The molecule has 0 radical (unpaired) electrons. The second-order valence-electron chi connectivity index (χ2n) is 7.63.